The van der Waals surface area contributed by atoms with Crippen molar-refractivity contribution >= 4 is 5.97 Å². The fourth-order valence-corrected chi connectivity index (χ4v) is 4.48. The van der Waals surface area contributed by atoms with Crippen LogP contribution < -0.4 is 10.4 Å². The number of benzene rings is 2. The van der Waals surface area contributed by atoms with Crippen molar-refractivity contribution in [2.75, 3.05) is 13.1 Å². The Bertz CT molecular complexity index is 778. The van der Waals surface area contributed by atoms with E-state index in [-0.39, 0.29) is 6.42 Å². The number of aliphatic hydroxyl groups is 1. The number of aliphatic hydroxyl groups excluding tert-OH is 1. The molecule has 0 aliphatic rings. The summed E-state index contributed by atoms with van der Waals surface area (Å²) in [6, 6.07) is 18.3. The lowest BCUT2D eigenvalue weighted by Crippen LogP contribution is -2.22. The monoisotopic (exact) mass is 466 g/mol. The molecule has 188 valence electrons. The predicted octanol–water partition coefficient (Wildman–Crippen LogP) is 5.53. The van der Waals surface area contributed by atoms with Gasteiger partial charge in [0, 0.05) is 12.5 Å². The van der Waals surface area contributed by atoms with Gasteiger partial charge in [0.2, 0.25) is 0 Å². The average Bonchev–Trinajstić information content (AvgIpc) is 2.85. The fraction of sp³-hybridized carbons (Fsp3) is 0.567. The molecule has 0 spiro atoms. The molecule has 0 radical (unpaired) electrons. The molecule has 2 aromatic rings. The molecular weight excluding hydrogens is 422 g/mol. The summed E-state index contributed by atoms with van der Waals surface area (Å²) in [7, 11) is 0. The minimum Gasteiger partial charge on any atom is -0.550 e. The van der Waals surface area contributed by atoms with Gasteiger partial charge in [0.15, 0.2) is 0 Å². The van der Waals surface area contributed by atoms with E-state index in [1.807, 2.05) is 36.4 Å². The summed E-state index contributed by atoms with van der Waals surface area (Å²) in [5.41, 5.74) is 3.65. The molecule has 34 heavy (non-hydrogen) atoms. The number of aryl methyl sites for hydroxylation is 2. The number of carboxylic acids is 1. The molecule has 0 aromatic heterocycles. The molecule has 1 unspecified atom stereocenters. The Labute approximate surface area is 206 Å². The molecule has 0 bridgehead atoms. The first-order valence-corrected chi connectivity index (χ1v) is 13.4. The molecule has 0 saturated carbocycles. The molecule has 0 fully saturated rings. The zero-order valence-electron chi connectivity index (χ0n) is 20.9. The largest absolute Gasteiger partial charge is 0.550 e. The van der Waals surface area contributed by atoms with E-state index in [0.29, 0.717) is 13.0 Å². The minimum absolute atomic E-state index is 0.143. The predicted molar refractivity (Wildman–Crippen MR) is 139 cm³/mol. The van der Waals surface area contributed by atoms with Gasteiger partial charge in [-0.05, 0) is 61.8 Å². The second-order valence-corrected chi connectivity index (χ2v) is 9.41. The van der Waals surface area contributed by atoms with Crippen LogP contribution >= 0.6 is 0 Å². The van der Waals surface area contributed by atoms with Gasteiger partial charge in [-0.2, -0.15) is 0 Å². The molecule has 2 N–H and O–H groups in total. The Hall–Kier alpha value is -2.17. The number of rotatable bonds is 20. The summed E-state index contributed by atoms with van der Waals surface area (Å²) in [6.07, 6.45) is 15.2. The van der Waals surface area contributed by atoms with Crippen LogP contribution in [0.4, 0.5) is 0 Å². The van der Waals surface area contributed by atoms with E-state index in [4.69, 9.17) is 0 Å². The SMILES string of the molecule is O=C([O-])CCCc1ccccc1CCCCCCCCCCCCNCC(O)c1ccccc1. The van der Waals surface area contributed by atoms with Crippen LogP contribution in [0.25, 0.3) is 0 Å². The topological polar surface area (TPSA) is 72.4 Å². The highest BCUT2D eigenvalue weighted by Gasteiger charge is 2.05. The number of unbranched alkanes of at least 4 members (excludes halogenated alkanes) is 9. The van der Waals surface area contributed by atoms with Gasteiger partial charge < -0.3 is 20.3 Å². The maximum Gasteiger partial charge on any atom is 0.0914 e. The Morgan fingerprint density at radius 2 is 1.21 bits per heavy atom. The molecule has 4 nitrogen and oxygen atoms in total. The summed E-state index contributed by atoms with van der Waals surface area (Å²) in [4.78, 5) is 10.6. The van der Waals surface area contributed by atoms with E-state index >= 15 is 0 Å². The second-order valence-electron chi connectivity index (χ2n) is 9.41. The first-order valence-electron chi connectivity index (χ1n) is 13.4. The van der Waals surface area contributed by atoms with E-state index in [2.05, 4.69) is 23.5 Å². The summed E-state index contributed by atoms with van der Waals surface area (Å²) in [6.45, 7) is 1.60. The number of aliphatic carboxylic acids is 1. The van der Waals surface area contributed by atoms with E-state index in [1.54, 1.807) is 0 Å². The Balaban J connectivity index is 1.38. The number of carbonyl (C=O) groups excluding carboxylic acids is 1. The molecule has 0 aliphatic heterocycles. The number of hydrogen-bond donors (Lipinski definition) is 2. The number of carboxylic acid groups (broad SMARTS) is 1. The quantitative estimate of drug-likeness (QED) is 0.252. The Morgan fingerprint density at radius 3 is 1.79 bits per heavy atom. The van der Waals surface area contributed by atoms with Gasteiger partial charge >= 0.3 is 0 Å². The van der Waals surface area contributed by atoms with Crippen molar-refractivity contribution in [3.05, 3.63) is 71.3 Å². The van der Waals surface area contributed by atoms with Gasteiger partial charge in [-0.3, -0.25) is 0 Å². The van der Waals surface area contributed by atoms with Crippen LogP contribution in [0.15, 0.2) is 54.6 Å². The van der Waals surface area contributed by atoms with E-state index in [1.165, 1.54) is 75.3 Å². The summed E-state index contributed by atoms with van der Waals surface area (Å²) < 4.78 is 0. The van der Waals surface area contributed by atoms with Crippen molar-refractivity contribution in [1.29, 1.82) is 0 Å². The van der Waals surface area contributed by atoms with Gasteiger partial charge in [0.25, 0.3) is 0 Å². The molecule has 0 saturated heterocycles. The maximum atomic E-state index is 10.6. The maximum absolute atomic E-state index is 10.6. The normalized spacial score (nSPS) is 12.0. The van der Waals surface area contributed by atoms with Gasteiger partial charge in [-0.15, -0.1) is 0 Å². The van der Waals surface area contributed by atoms with E-state index in [9.17, 15) is 15.0 Å². The van der Waals surface area contributed by atoms with Crippen LogP contribution in [0.1, 0.15) is 99.8 Å². The molecule has 1 atom stereocenters. The van der Waals surface area contributed by atoms with Crippen LogP contribution in [0.3, 0.4) is 0 Å². The first kappa shape index (κ1) is 28.1. The minimum atomic E-state index is -0.954. The second kappa shape index (κ2) is 18.2. The summed E-state index contributed by atoms with van der Waals surface area (Å²) in [5.74, 6) is -0.954. The molecule has 4 heteroatoms. The van der Waals surface area contributed by atoms with Crippen molar-refractivity contribution in [2.24, 2.45) is 0 Å². The van der Waals surface area contributed by atoms with Crippen molar-refractivity contribution < 1.29 is 15.0 Å². The summed E-state index contributed by atoms with van der Waals surface area (Å²) in [5, 5.41) is 24.1. The van der Waals surface area contributed by atoms with Crippen LogP contribution in [0.5, 0.6) is 0 Å². The highest BCUT2D eigenvalue weighted by atomic mass is 16.4. The van der Waals surface area contributed by atoms with Crippen LogP contribution in [0, 0.1) is 0 Å². The van der Waals surface area contributed by atoms with Crippen molar-refractivity contribution in [2.45, 2.75) is 96.0 Å². The Kier molecular flexibility index (Phi) is 15.0. The number of nitrogens with one attached hydrogen (secondary N) is 1. The van der Waals surface area contributed by atoms with Crippen molar-refractivity contribution in [1.82, 2.24) is 5.32 Å². The molecular formula is C30H44NO3-. The first-order chi connectivity index (χ1) is 16.7. The molecule has 0 amide bonds. The van der Waals surface area contributed by atoms with Gasteiger partial charge in [0.1, 0.15) is 0 Å². The lowest BCUT2D eigenvalue weighted by molar-refractivity contribution is -0.305. The standard InChI is InChI=1S/C30H45NO3/c32-29(28-20-11-9-12-21-28)25-31-24-15-8-6-4-2-1-3-5-7-10-17-26-18-13-14-19-27(26)22-16-23-30(33)34/h9,11-14,18-21,29,31-32H,1-8,10,15-17,22-25H2,(H,33,34)/p-1. The van der Waals surface area contributed by atoms with Crippen molar-refractivity contribution in [3.8, 4) is 0 Å². The van der Waals surface area contributed by atoms with Gasteiger partial charge in [-0.1, -0.05) is 106 Å². The Morgan fingerprint density at radius 1 is 0.706 bits per heavy atom. The third kappa shape index (κ3) is 12.9. The zero-order valence-corrected chi connectivity index (χ0v) is 20.9. The highest BCUT2D eigenvalue weighted by Crippen LogP contribution is 2.17. The fourth-order valence-electron chi connectivity index (χ4n) is 4.48. The smallest absolute Gasteiger partial charge is 0.0914 e. The molecule has 2 aromatic carbocycles. The average molecular weight is 467 g/mol. The molecule has 0 aliphatic carbocycles. The van der Waals surface area contributed by atoms with Crippen LogP contribution in [-0.2, 0) is 17.6 Å². The van der Waals surface area contributed by atoms with E-state index in [0.717, 1.165) is 24.9 Å². The van der Waals surface area contributed by atoms with Crippen molar-refractivity contribution in [3.63, 3.8) is 0 Å². The zero-order chi connectivity index (χ0) is 24.3. The van der Waals surface area contributed by atoms with E-state index < -0.39 is 12.1 Å². The van der Waals surface area contributed by atoms with Crippen LogP contribution in [-0.4, -0.2) is 24.2 Å². The highest BCUT2D eigenvalue weighted by molar-refractivity contribution is 5.64. The number of carbonyl (C=O) groups is 1. The van der Waals surface area contributed by atoms with Gasteiger partial charge in [0.05, 0.1) is 6.10 Å². The lowest BCUT2D eigenvalue weighted by Gasteiger charge is -2.12. The van der Waals surface area contributed by atoms with Gasteiger partial charge in [-0.25, -0.2) is 0 Å². The summed E-state index contributed by atoms with van der Waals surface area (Å²) >= 11 is 0. The van der Waals surface area contributed by atoms with Crippen LogP contribution in [0.2, 0.25) is 0 Å². The third-order valence-corrected chi connectivity index (χ3v) is 6.52. The lowest BCUT2D eigenvalue weighted by atomic mass is 9.97. The number of hydrogen-bond acceptors (Lipinski definition) is 4. The molecule has 0 heterocycles. The third-order valence-electron chi connectivity index (χ3n) is 6.52. The molecule has 2 rings (SSSR count).